The van der Waals surface area contributed by atoms with Gasteiger partial charge in [-0.3, -0.25) is 9.59 Å². The number of hydrogen-bond donors (Lipinski definition) is 3. The predicted octanol–water partition coefficient (Wildman–Crippen LogP) is 1.65. The second-order valence-corrected chi connectivity index (χ2v) is 5.83. The fourth-order valence-corrected chi connectivity index (χ4v) is 2.28. The lowest BCUT2D eigenvalue weighted by atomic mass is 9.99. The molecule has 0 aromatic heterocycles. The molecular formula is C17H24N2O4. The average molecular weight is 320 g/mol. The van der Waals surface area contributed by atoms with Crippen LogP contribution in [0, 0.1) is 19.8 Å². The Morgan fingerprint density at radius 3 is 2.17 bits per heavy atom. The van der Waals surface area contributed by atoms with Gasteiger partial charge in [0.2, 0.25) is 5.91 Å². The first-order valence-corrected chi connectivity index (χ1v) is 7.63. The second kappa shape index (κ2) is 8.31. The summed E-state index contributed by atoms with van der Waals surface area (Å²) in [6, 6.07) is 4.47. The molecule has 2 amide bonds. The summed E-state index contributed by atoms with van der Waals surface area (Å²) in [5, 5.41) is 14.1. The van der Waals surface area contributed by atoms with Gasteiger partial charge in [0.05, 0.1) is 6.54 Å². The Morgan fingerprint density at radius 2 is 1.70 bits per heavy atom. The SMILES string of the molecule is CC[C@H](C)[C@H](NC(=O)CNC(=O)c1cc(C)cc(C)c1)C(=O)O. The molecule has 3 N–H and O–H groups in total. The van der Waals surface area contributed by atoms with E-state index in [1.165, 1.54) is 0 Å². The smallest absolute Gasteiger partial charge is 0.326 e. The first-order chi connectivity index (χ1) is 10.7. The number of aryl methyl sites for hydroxylation is 2. The van der Waals surface area contributed by atoms with Crippen molar-refractivity contribution >= 4 is 17.8 Å². The van der Waals surface area contributed by atoms with Crippen LogP contribution in [-0.4, -0.2) is 35.5 Å². The zero-order chi connectivity index (χ0) is 17.6. The van der Waals surface area contributed by atoms with E-state index in [9.17, 15) is 14.4 Å². The number of aliphatic carboxylic acids is 1. The number of benzene rings is 1. The van der Waals surface area contributed by atoms with Crippen molar-refractivity contribution < 1.29 is 19.5 Å². The van der Waals surface area contributed by atoms with Crippen LogP contribution in [0.25, 0.3) is 0 Å². The number of carbonyl (C=O) groups is 3. The van der Waals surface area contributed by atoms with Crippen LogP contribution in [0.1, 0.15) is 41.8 Å². The lowest BCUT2D eigenvalue weighted by Crippen LogP contribution is -2.48. The highest BCUT2D eigenvalue weighted by Gasteiger charge is 2.25. The van der Waals surface area contributed by atoms with E-state index in [0.717, 1.165) is 11.1 Å². The van der Waals surface area contributed by atoms with Gasteiger partial charge in [0.25, 0.3) is 5.91 Å². The van der Waals surface area contributed by atoms with Crippen LogP contribution >= 0.6 is 0 Å². The summed E-state index contributed by atoms with van der Waals surface area (Å²) in [5.74, 6) is -2.14. The molecule has 0 aliphatic rings. The molecule has 0 bridgehead atoms. The zero-order valence-corrected chi connectivity index (χ0v) is 14.0. The maximum absolute atomic E-state index is 12.1. The van der Waals surface area contributed by atoms with E-state index < -0.39 is 17.9 Å². The van der Waals surface area contributed by atoms with Gasteiger partial charge in [-0.15, -0.1) is 0 Å². The van der Waals surface area contributed by atoms with Crippen LogP contribution in [0.15, 0.2) is 18.2 Å². The predicted molar refractivity (Wildman–Crippen MR) is 87.3 cm³/mol. The molecule has 1 rings (SSSR count). The van der Waals surface area contributed by atoms with Gasteiger partial charge in [-0.25, -0.2) is 4.79 Å². The maximum atomic E-state index is 12.1. The largest absolute Gasteiger partial charge is 0.480 e. The molecule has 0 unspecified atom stereocenters. The molecule has 0 spiro atoms. The molecule has 0 heterocycles. The lowest BCUT2D eigenvalue weighted by Gasteiger charge is -2.20. The molecular weight excluding hydrogens is 296 g/mol. The zero-order valence-electron chi connectivity index (χ0n) is 14.0. The van der Waals surface area contributed by atoms with E-state index in [-0.39, 0.29) is 18.4 Å². The van der Waals surface area contributed by atoms with Crippen LogP contribution in [-0.2, 0) is 9.59 Å². The molecule has 0 aliphatic heterocycles. The van der Waals surface area contributed by atoms with E-state index in [0.29, 0.717) is 12.0 Å². The van der Waals surface area contributed by atoms with E-state index in [4.69, 9.17) is 5.11 Å². The quantitative estimate of drug-likeness (QED) is 0.712. The van der Waals surface area contributed by atoms with Gasteiger partial charge in [-0.2, -0.15) is 0 Å². The Morgan fingerprint density at radius 1 is 1.13 bits per heavy atom. The average Bonchev–Trinajstić information content (AvgIpc) is 2.48. The van der Waals surface area contributed by atoms with Crippen molar-refractivity contribution in [3.8, 4) is 0 Å². The minimum absolute atomic E-state index is 0.188. The Hall–Kier alpha value is -2.37. The van der Waals surface area contributed by atoms with E-state index in [2.05, 4.69) is 10.6 Å². The molecule has 1 aromatic rings. The monoisotopic (exact) mass is 320 g/mol. The Bertz CT molecular complexity index is 578. The number of carboxylic acid groups (broad SMARTS) is 1. The summed E-state index contributed by atoms with van der Waals surface area (Å²) < 4.78 is 0. The van der Waals surface area contributed by atoms with Crippen molar-refractivity contribution in [2.75, 3.05) is 6.54 Å². The highest BCUT2D eigenvalue weighted by atomic mass is 16.4. The van der Waals surface area contributed by atoms with Crippen LogP contribution in [0.5, 0.6) is 0 Å². The van der Waals surface area contributed by atoms with Gasteiger partial charge < -0.3 is 15.7 Å². The molecule has 0 aliphatic carbocycles. The molecule has 2 atom stereocenters. The summed E-state index contributed by atoms with van der Waals surface area (Å²) >= 11 is 0. The second-order valence-electron chi connectivity index (χ2n) is 5.83. The number of carbonyl (C=O) groups excluding carboxylic acids is 2. The van der Waals surface area contributed by atoms with E-state index in [1.54, 1.807) is 19.1 Å². The first-order valence-electron chi connectivity index (χ1n) is 7.63. The fourth-order valence-electron chi connectivity index (χ4n) is 2.28. The van der Waals surface area contributed by atoms with Crippen LogP contribution < -0.4 is 10.6 Å². The van der Waals surface area contributed by atoms with Crippen LogP contribution in [0.3, 0.4) is 0 Å². The van der Waals surface area contributed by atoms with Gasteiger partial charge >= 0.3 is 5.97 Å². The molecule has 1 aromatic carbocycles. The minimum atomic E-state index is -1.08. The standard InChI is InChI=1S/C17H24N2O4/c1-5-12(4)15(17(22)23)19-14(20)9-18-16(21)13-7-10(2)6-11(3)8-13/h6-8,12,15H,5,9H2,1-4H3,(H,18,21)(H,19,20)(H,22,23)/t12-,15-/m0/s1. The van der Waals surface area contributed by atoms with Crippen LogP contribution in [0.2, 0.25) is 0 Å². The van der Waals surface area contributed by atoms with Gasteiger partial charge in [-0.1, -0.05) is 37.5 Å². The Balaban J connectivity index is 2.61. The number of hydrogen-bond acceptors (Lipinski definition) is 3. The van der Waals surface area contributed by atoms with Crippen molar-refractivity contribution in [1.29, 1.82) is 0 Å². The topological polar surface area (TPSA) is 95.5 Å². The molecule has 0 radical (unpaired) electrons. The summed E-state index contributed by atoms with van der Waals surface area (Å²) in [5.41, 5.74) is 2.40. The highest BCUT2D eigenvalue weighted by molar-refractivity contribution is 5.97. The number of amides is 2. The molecule has 6 nitrogen and oxygen atoms in total. The third-order valence-electron chi connectivity index (χ3n) is 3.69. The van der Waals surface area contributed by atoms with Crippen LogP contribution in [0.4, 0.5) is 0 Å². The summed E-state index contributed by atoms with van der Waals surface area (Å²) in [6.07, 6.45) is 0.631. The number of carboxylic acids is 1. The Labute approximate surface area is 136 Å². The molecule has 0 saturated carbocycles. The van der Waals surface area contributed by atoms with Gasteiger partial charge in [0.15, 0.2) is 0 Å². The number of nitrogens with one attached hydrogen (secondary N) is 2. The summed E-state index contributed by atoms with van der Waals surface area (Å²) in [6.45, 7) is 7.13. The van der Waals surface area contributed by atoms with Crippen molar-refractivity contribution in [1.82, 2.24) is 10.6 Å². The van der Waals surface area contributed by atoms with Crippen molar-refractivity contribution in [2.45, 2.75) is 40.2 Å². The van der Waals surface area contributed by atoms with Crippen molar-refractivity contribution in [3.63, 3.8) is 0 Å². The normalized spacial score (nSPS) is 13.0. The maximum Gasteiger partial charge on any atom is 0.326 e. The van der Waals surface area contributed by atoms with Gasteiger partial charge in [0, 0.05) is 5.56 Å². The molecule has 0 fully saturated rings. The van der Waals surface area contributed by atoms with Crippen molar-refractivity contribution in [3.05, 3.63) is 34.9 Å². The lowest BCUT2D eigenvalue weighted by molar-refractivity contribution is -0.143. The van der Waals surface area contributed by atoms with Gasteiger partial charge in [-0.05, 0) is 31.9 Å². The minimum Gasteiger partial charge on any atom is -0.480 e. The third-order valence-corrected chi connectivity index (χ3v) is 3.69. The summed E-state index contributed by atoms with van der Waals surface area (Å²) in [7, 11) is 0. The van der Waals surface area contributed by atoms with E-state index >= 15 is 0 Å². The van der Waals surface area contributed by atoms with E-state index in [1.807, 2.05) is 26.8 Å². The molecule has 6 heteroatoms. The number of rotatable bonds is 7. The molecule has 23 heavy (non-hydrogen) atoms. The Kier molecular flexibility index (Phi) is 6.75. The van der Waals surface area contributed by atoms with Gasteiger partial charge in [0.1, 0.15) is 6.04 Å². The fraction of sp³-hybridized carbons (Fsp3) is 0.471. The summed E-state index contributed by atoms with van der Waals surface area (Å²) in [4.78, 5) is 35.1. The molecule has 0 saturated heterocycles. The van der Waals surface area contributed by atoms with Crippen molar-refractivity contribution in [2.24, 2.45) is 5.92 Å². The first kappa shape index (κ1) is 18.7. The highest BCUT2D eigenvalue weighted by Crippen LogP contribution is 2.09. The third kappa shape index (κ3) is 5.73. The molecule has 126 valence electrons.